The smallest absolute Gasteiger partial charge is 0.119 e. The molecule has 1 aliphatic heterocycles. The number of hydrogen-bond acceptors (Lipinski definition) is 4. The molecular formula is C15H24N2O2. The zero-order valence-electron chi connectivity index (χ0n) is 11.9. The van der Waals surface area contributed by atoms with Gasteiger partial charge in [0.1, 0.15) is 5.75 Å². The predicted octanol–water partition coefficient (Wildman–Crippen LogP) is 1.63. The Balaban J connectivity index is 2.07. The van der Waals surface area contributed by atoms with E-state index in [4.69, 9.17) is 15.2 Å². The zero-order valence-corrected chi connectivity index (χ0v) is 11.9. The molecule has 0 aromatic heterocycles. The third-order valence-corrected chi connectivity index (χ3v) is 4.17. The summed E-state index contributed by atoms with van der Waals surface area (Å²) in [6, 6.07) is 8.21. The number of methoxy groups -OCH3 is 1. The third-order valence-electron chi connectivity index (χ3n) is 4.17. The molecule has 1 heterocycles. The van der Waals surface area contributed by atoms with Crippen molar-refractivity contribution >= 4 is 0 Å². The Morgan fingerprint density at radius 3 is 2.74 bits per heavy atom. The highest BCUT2D eigenvalue weighted by Crippen LogP contribution is 2.27. The van der Waals surface area contributed by atoms with E-state index in [1.165, 1.54) is 5.56 Å². The van der Waals surface area contributed by atoms with E-state index in [-0.39, 0.29) is 5.54 Å². The van der Waals surface area contributed by atoms with Crippen molar-refractivity contribution in [3.05, 3.63) is 29.8 Å². The first kappa shape index (κ1) is 14.3. The molecule has 0 bridgehead atoms. The summed E-state index contributed by atoms with van der Waals surface area (Å²) in [5.41, 5.74) is 7.35. The van der Waals surface area contributed by atoms with Crippen molar-refractivity contribution in [2.24, 2.45) is 5.73 Å². The van der Waals surface area contributed by atoms with Gasteiger partial charge in [0.05, 0.1) is 7.11 Å². The Morgan fingerprint density at radius 2 is 2.11 bits per heavy atom. The van der Waals surface area contributed by atoms with Gasteiger partial charge in [-0.15, -0.1) is 0 Å². The van der Waals surface area contributed by atoms with Crippen LogP contribution in [-0.2, 0) is 11.3 Å². The Kier molecular flexibility index (Phi) is 4.80. The molecule has 1 aromatic carbocycles. The monoisotopic (exact) mass is 264 g/mol. The van der Waals surface area contributed by atoms with Crippen LogP contribution in [0.4, 0.5) is 0 Å². The number of ether oxygens (including phenoxy) is 2. The Bertz CT molecular complexity index is 403. The van der Waals surface area contributed by atoms with Gasteiger partial charge in [0.25, 0.3) is 0 Å². The molecule has 4 heteroatoms. The molecule has 1 fully saturated rings. The summed E-state index contributed by atoms with van der Waals surface area (Å²) in [5.74, 6) is 0.902. The number of benzene rings is 1. The summed E-state index contributed by atoms with van der Waals surface area (Å²) >= 11 is 0. The number of hydrogen-bond donors (Lipinski definition) is 1. The second-order valence-corrected chi connectivity index (χ2v) is 5.25. The first-order chi connectivity index (χ1) is 9.20. The lowest BCUT2D eigenvalue weighted by Gasteiger charge is -2.44. The van der Waals surface area contributed by atoms with E-state index in [1.54, 1.807) is 7.11 Å². The van der Waals surface area contributed by atoms with E-state index < -0.39 is 0 Å². The fraction of sp³-hybridized carbons (Fsp3) is 0.600. The largest absolute Gasteiger partial charge is 0.497 e. The van der Waals surface area contributed by atoms with Gasteiger partial charge in [-0.2, -0.15) is 0 Å². The van der Waals surface area contributed by atoms with Gasteiger partial charge >= 0.3 is 0 Å². The minimum atomic E-state index is 0.0708. The lowest BCUT2D eigenvalue weighted by molar-refractivity contribution is -0.0163. The molecule has 4 nitrogen and oxygen atoms in total. The lowest BCUT2D eigenvalue weighted by Crippen LogP contribution is -2.54. The molecule has 0 unspecified atom stereocenters. The second kappa shape index (κ2) is 6.37. The van der Waals surface area contributed by atoms with Gasteiger partial charge in [0.2, 0.25) is 0 Å². The highest BCUT2D eigenvalue weighted by molar-refractivity contribution is 5.28. The maximum atomic E-state index is 6.03. The first-order valence-corrected chi connectivity index (χ1v) is 6.82. The maximum Gasteiger partial charge on any atom is 0.119 e. The summed E-state index contributed by atoms with van der Waals surface area (Å²) in [6.45, 7) is 3.17. The van der Waals surface area contributed by atoms with Crippen LogP contribution in [0.3, 0.4) is 0 Å². The van der Waals surface area contributed by atoms with Crippen LogP contribution < -0.4 is 10.5 Å². The molecule has 2 N–H and O–H groups in total. The van der Waals surface area contributed by atoms with Crippen LogP contribution in [0.1, 0.15) is 18.4 Å². The fourth-order valence-corrected chi connectivity index (χ4v) is 2.71. The molecule has 0 aliphatic carbocycles. The van der Waals surface area contributed by atoms with Crippen molar-refractivity contribution in [1.82, 2.24) is 4.90 Å². The molecule has 19 heavy (non-hydrogen) atoms. The highest BCUT2D eigenvalue weighted by Gasteiger charge is 2.35. The second-order valence-electron chi connectivity index (χ2n) is 5.25. The van der Waals surface area contributed by atoms with E-state index in [1.807, 2.05) is 12.1 Å². The van der Waals surface area contributed by atoms with E-state index in [9.17, 15) is 0 Å². The molecule has 1 aliphatic rings. The van der Waals surface area contributed by atoms with Crippen LogP contribution in [0.15, 0.2) is 24.3 Å². The van der Waals surface area contributed by atoms with Gasteiger partial charge in [-0.05, 0) is 37.6 Å². The molecule has 0 atom stereocenters. The van der Waals surface area contributed by atoms with Gasteiger partial charge in [-0.25, -0.2) is 0 Å². The summed E-state index contributed by atoms with van der Waals surface area (Å²) in [6.07, 6.45) is 2.01. The van der Waals surface area contributed by atoms with Gasteiger partial charge in [0, 0.05) is 31.8 Å². The first-order valence-electron chi connectivity index (χ1n) is 6.82. The summed E-state index contributed by atoms with van der Waals surface area (Å²) < 4.78 is 10.7. The Labute approximate surface area is 115 Å². The van der Waals surface area contributed by atoms with Crippen molar-refractivity contribution < 1.29 is 9.47 Å². The van der Waals surface area contributed by atoms with Crippen molar-refractivity contribution in [1.29, 1.82) is 0 Å². The van der Waals surface area contributed by atoms with Crippen LogP contribution in [0.25, 0.3) is 0 Å². The van der Waals surface area contributed by atoms with Crippen molar-refractivity contribution in [3.8, 4) is 5.75 Å². The predicted molar refractivity (Wildman–Crippen MR) is 76.3 cm³/mol. The molecular weight excluding hydrogens is 240 g/mol. The van der Waals surface area contributed by atoms with Crippen LogP contribution in [-0.4, -0.2) is 44.4 Å². The van der Waals surface area contributed by atoms with E-state index in [2.05, 4.69) is 24.1 Å². The minimum absolute atomic E-state index is 0.0708. The van der Waals surface area contributed by atoms with Gasteiger partial charge in [-0.3, -0.25) is 4.90 Å². The average Bonchev–Trinajstić information content (AvgIpc) is 2.48. The van der Waals surface area contributed by atoms with Crippen molar-refractivity contribution in [3.63, 3.8) is 0 Å². The summed E-state index contributed by atoms with van der Waals surface area (Å²) in [7, 11) is 3.85. The maximum absolute atomic E-state index is 6.03. The molecule has 106 valence electrons. The lowest BCUT2D eigenvalue weighted by atomic mass is 9.88. The number of nitrogens with zero attached hydrogens (tertiary/aromatic N) is 1. The van der Waals surface area contributed by atoms with Crippen LogP contribution >= 0.6 is 0 Å². The summed E-state index contributed by atoms with van der Waals surface area (Å²) in [5, 5.41) is 0. The van der Waals surface area contributed by atoms with Gasteiger partial charge in [0.15, 0.2) is 0 Å². The standard InChI is InChI=1S/C15H24N2O2/c1-17(15(12-16)6-8-19-9-7-15)11-13-4-3-5-14(10-13)18-2/h3-5,10H,6-9,11-12,16H2,1-2H3. The highest BCUT2D eigenvalue weighted by atomic mass is 16.5. The Morgan fingerprint density at radius 1 is 1.37 bits per heavy atom. The minimum Gasteiger partial charge on any atom is -0.497 e. The topological polar surface area (TPSA) is 47.7 Å². The van der Waals surface area contributed by atoms with Crippen LogP contribution in [0, 0.1) is 0 Å². The molecule has 2 rings (SSSR count). The molecule has 1 aromatic rings. The number of rotatable bonds is 5. The van der Waals surface area contributed by atoms with Crippen LogP contribution in [0.5, 0.6) is 5.75 Å². The Hall–Kier alpha value is -1.10. The average molecular weight is 264 g/mol. The molecule has 1 saturated heterocycles. The van der Waals surface area contributed by atoms with Gasteiger partial charge < -0.3 is 15.2 Å². The number of likely N-dealkylation sites (N-methyl/N-ethyl adjacent to an activating group) is 1. The zero-order chi connectivity index (χ0) is 13.7. The molecule has 0 saturated carbocycles. The van der Waals surface area contributed by atoms with Crippen molar-refractivity contribution in [2.45, 2.75) is 24.9 Å². The van der Waals surface area contributed by atoms with E-state index >= 15 is 0 Å². The normalized spacial score (nSPS) is 18.5. The summed E-state index contributed by atoms with van der Waals surface area (Å²) in [4.78, 5) is 2.37. The van der Waals surface area contributed by atoms with Gasteiger partial charge in [-0.1, -0.05) is 12.1 Å². The van der Waals surface area contributed by atoms with Crippen molar-refractivity contribution in [2.75, 3.05) is 33.9 Å². The molecule has 0 amide bonds. The van der Waals surface area contributed by atoms with E-state index in [0.29, 0.717) is 6.54 Å². The van der Waals surface area contributed by atoms with Crippen LogP contribution in [0.2, 0.25) is 0 Å². The molecule has 0 spiro atoms. The third kappa shape index (κ3) is 3.26. The van der Waals surface area contributed by atoms with E-state index in [0.717, 1.165) is 38.3 Å². The molecule has 0 radical (unpaired) electrons. The SMILES string of the molecule is COc1cccc(CN(C)C2(CN)CCOCC2)c1. The quantitative estimate of drug-likeness (QED) is 0.878. The fourth-order valence-electron chi connectivity index (χ4n) is 2.71. The number of nitrogens with two attached hydrogens (primary N) is 1.